The van der Waals surface area contributed by atoms with Crippen LogP contribution in [0.4, 0.5) is 0 Å². The zero-order valence-corrected chi connectivity index (χ0v) is 13.0. The molecule has 114 valence electrons. The van der Waals surface area contributed by atoms with Gasteiger partial charge in [0.1, 0.15) is 6.04 Å². The number of carbonyl (C=O) groups excluding carboxylic acids is 1. The van der Waals surface area contributed by atoms with Gasteiger partial charge in [-0.15, -0.1) is 0 Å². The molecule has 4 aliphatic carbocycles. The second-order valence-electron chi connectivity index (χ2n) is 8.46. The summed E-state index contributed by atoms with van der Waals surface area (Å²) in [4.78, 5) is 12.3. The van der Waals surface area contributed by atoms with Crippen molar-refractivity contribution in [1.29, 1.82) is 0 Å². The van der Waals surface area contributed by atoms with Crippen molar-refractivity contribution in [2.24, 2.45) is 22.5 Å². The van der Waals surface area contributed by atoms with Crippen LogP contribution >= 0.6 is 0 Å². The zero-order valence-electron chi connectivity index (χ0n) is 13.0. The van der Waals surface area contributed by atoms with Crippen LogP contribution in [0.15, 0.2) is 0 Å². The number of amides is 1. The van der Waals surface area contributed by atoms with Gasteiger partial charge in [-0.3, -0.25) is 4.79 Å². The first-order chi connectivity index (χ1) is 9.27. The molecule has 0 aromatic carbocycles. The summed E-state index contributed by atoms with van der Waals surface area (Å²) in [6.45, 7) is 5.11. The molecule has 1 amide bonds. The molecule has 0 radical (unpaired) electrons. The van der Waals surface area contributed by atoms with Gasteiger partial charge in [-0.2, -0.15) is 0 Å². The number of methoxy groups -OCH3 is 1. The first-order valence-corrected chi connectivity index (χ1v) is 7.84. The van der Waals surface area contributed by atoms with Gasteiger partial charge in [0.2, 0.25) is 5.91 Å². The van der Waals surface area contributed by atoms with Crippen molar-refractivity contribution >= 4 is 5.91 Å². The maximum atomic E-state index is 12.3. The molecule has 3 atom stereocenters. The van der Waals surface area contributed by atoms with Crippen molar-refractivity contribution in [3.63, 3.8) is 0 Å². The van der Waals surface area contributed by atoms with Crippen LogP contribution in [0.3, 0.4) is 0 Å². The van der Waals surface area contributed by atoms with E-state index in [4.69, 9.17) is 10.5 Å². The molecule has 4 nitrogen and oxygen atoms in total. The molecule has 0 aromatic rings. The van der Waals surface area contributed by atoms with Gasteiger partial charge in [0.15, 0.2) is 0 Å². The Morgan fingerprint density at radius 1 is 1.25 bits per heavy atom. The molecule has 3 unspecified atom stereocenters. The lowest BCUT2D eigenvalue weighted by Crippen LogP contribution is -2.66. The fourth-order valence-electron chi connectivity index (χ4n) is 6.20. The van der Waals surface area contributed by atoms with Crippen molar-refractivity contribution in [3.8, 4) is 0 Å². The van der Waals surface area contributed by atoms with Crippen molar-refractivity contribution < 1.29 is 9.53 Å². The minimum atomic E-state index is -0.548. The molecule has 20 heavy (non-hydrogen) atoms. The number of ether oxygens (including phenoxy) is 1. The number of rotatable bonds is 4. The van der Waals surface area contributed by atoms with Crippen LogP contribution in [0.5, 0.6) is 0 Å². The van der Waals surface area contributed by atoms with E-state index in [1.165, 1.54) is 19.3 Å². The Hall–Kier alpha value is -0.610. The van der Waals surface area contributed by atoms with Crippen LogP contribution in [-0.2, 0) is 9.53 Å². The molecule has 0 aromatic heterocycles. The topological polar surface area (TPSA) is 64.3 Å². The van der Waals surface area contributed by atoms with Crippen LogP contribution in [0, 0.1) is 16.7 Å². The first-order valence-electron chi connectivity index (χ1n) is 7.84. The highest BCUT2D eigenvalue weighted by molar-refractivity contribution is 5.82. The SMILES string of the molecule is COCC(N)C(=O)NC12CC3CC(C)(CC(C)(C3)C1)C2. The number of hydrogen-bond donors (Lipinski definition) is 2. The monoisotopic (exact) mass is 280 g/mol. The lowest BCUT2D eigenvalue weighted by molar-refractivity contribution is -0.141. The van der Waals surface area contributed by atoms with Gasteiger partial charge in [-0.05, 0) is 55.3 Å². The minimum absolute atomic E-state index is 0.00857. The minimum Gasteiger partial charge on any atom is -0.383 e. The number of nitrogens with one attached hydrogen (secondary N) is 1. The third-order valence-electron chi connectivity index (χ3n) is 5.70. The van der Waals surface area contributed by atoms with Gasteiger partial charge in [0, 0.05) is 12.6 Å². The molecule has 4 bridgehead atoms. The molecule has 4 rings (SSSR count). The van der Waals surface area contributed by atoms with E-state index < -0.39 is 6.04 Å². The summed E-state index contributed by atoms with van der Waals surface area (Å²) in [6, 6.07) is -0.548. The highest BCUT2D eigenvalue weighted by Gasteiger charge is 2.60. The molecule has 0 aliphatic heterocycles. The van der Waals surface area contributed by atoms with Gasteiger partial charge in [0.25, 0.3) is 0 Å². The van der Waals surface area contributed by atoms with Gasteiger partial charge in [-0.1, -0.05) is 13.8 Å². The van der Waals surface area contributed by atoms with Crippen molar-refractivity contribution in [3.05, 3.63) is 0 Å². The first kappa shape index (κ1) is 14.3. The van der Waals surface area contributed by atoms with Gasteiger partial charge in [-0.25, -0.2) is 0 Å². The van der Waals surface area contributed by atoms with Crippen molar-refractivity contribution in [1.82, 2.24) is 5.32 Å². The molecule has 0 heterocycles. The maximum Gasteiger partial charge on any atom is 0.239 e. The van der Waals surface area contributed by atoms with E-state index in [-0.39, 0.29) is 11.4 Å². The van der Waals surface area contributed by atoms with Crippen LogP contribution < -0.4 is 11.1 Å². The molecule has 0 spiro atoms. The van der Waals surface area contributed by atoms with Crippen LogP contribution in [0.2, 0.25) is 0 Å². The Bertz CT molecular complexity index is 405. The highest BCUT2D eigenvalue weighted by Crippen LogP contribution is 2.66. The van der Waals surface area contributed by atoms with Gasteiger partial charge in [0.05, 0.1) is 6.61 Å². The fraction of sp³-hybridized carbons (Fsp3) is 0.938. The standard InChI is InChI=1S/C16H28N2O2/c1-14-4-11-5-15(2,8-14)10-16(6-11,9-14)18-13(19)12(17)7-20-3/h11-12H,4-10,17H2,1-3H3,(H,18,19). The summed E-state index contributed by atoms with van der Waals surface area (Å²) in [6.07, 6.45) is 7.38. The van der Waals surface area contributed by atoms with E-state index in [2.05, 4.69) is 19.2 Å². The molecule has 4 fully saturated rings. The molecule has 4 saturated carbocycles. The summed E-state index contributed by atoms with van der Waals surface area (Å²) in [7, 11) is 1.58. The summed E-state index contributed by atoms with van der Waals surface area (Å²) >= 11 is 0. The average Bonchev–Trinajstić information content (AvgIpc) is 2.23. The van der Waals surface area contributed by atoms with E-state index in [1.807, 2.05) is 0 Å². The van der Waals surface area contributed by atoms with Gasteiger partial charge < -0.3 is 15.8 Å². The van der Waals surface area contributed by atoms with E-state index in [0.29, 0.717) is 17.4 Å². The van der Waals surface area contributed by atoms with E-state index >= 15 is 0 Å². The number of carbonyl (C=O) groups is 1. The smallest absolute Gasteiger partial charge is 0.239 e. The Labute approximate surface area is 121 Å². The molecule has 4 aliphatic rings. The maximum absolute atomic E-state index is 12.3. The lowest BCUT2D eigenvalue weighted by atomic mass is 9.43. The number of nitrogens with two attached hydrogens (primary N) is 1. The predicted octanol–water partition coefficient (Wildman–Crippen LogP) is 1.83. The number of hydrogen-bond acceptors (Lipinski definition) is 3. The largest absolute Gasteiger partial charge is 0.383 e. The lowest BCUT2D eigenvalue weighted by Gasteiger charge is -2.65. The van der Waals surface area contributed by atoms with Crippen LogP contribution in [0.25, 0.3) is 0 Å². The summed E-state index contributed by atoms with van der Waals surface area (Å²) in [5, 5.41) is 3.32. The predicted molar refractivity (Wildman–Crippen MR) is 78.1 cm³/mol. The van der Waals surface area contributed by atoms with E-state index in [9.17, 15) is 4.79 Å². The molecular formula is C16H28N2O2. The highest BCUT2D eigenvalue weighted by atomic mass is 16.5. The average molecular weight is 280 g/mol. The van der Waals surface area contributed by atoms with Gasteiger partial charge >= 0.3 is 0 Å². The Morgan fingerprint density at radius 2 is 1.85 bits per heavy atom. The second kappa shape index (κ2) is 4.44. The Morgan fingerprint density at radius 3 is 2.35 bits per heavy atom. The van der Waals surface area contributed by atoms with Crippen LogP contribution in [-0.4, -0.2) is 31.2 Å². The summed E-state index contributed by atoms with van der Waals surface area (Å²) in [5.41, 5.74) is 6.70. The molecule has 3 N–H and O–H groups in total. The van der Waals surface area contributed by atoms with E-state index in [0.717, 1.165) is 25.2 Å². The third kappa shape index (κ3) is 2.37. The zero-order chi connectivity index (χ0) is 14.6. The Balaban J connectivity index is 1.77. The fourth-order valence-corrected chi connectivity index (χ4v) is 6.20. The van der Waals surface area contributed by atoms with Crippen molar-refractivity contribution in [2.45, 2.75) is 64.0 Å². The Kier molecular flexibility index (Phi) is 3.18. The summed E-state index contributed by atoms with van der Waals surface area (Å²) in [5.74, 6) is 0.737. The normalized spacial score (nSPS) is 47.3. The van der Waals surface area contributed by atoms with Crippen molar-refractivity contribution in [2.75, 3.05) is 13.7 Å². The second-order valence-corrected chi connectivity index (χ2v) is 8.46. The van der Waals surface area contributed by atoms with Crippen LogP contribution in [0.1, 0.15) is 52.4 Å². The summed E-state index contributed by atoms with van der Waals surface area (Å²) < 4.78 is 5.00. The third-order valence-corrected chi connectivity index (χ3v) is 5.70. The quantitative estimate of drug-likeness (QED) is 0.825. The molecule has 0 saturated heterocycles. The van der Waals surface area contributed by atoms with E-state index in [1.54, 1.807) is 7.11 Å². The molecular weight excluding hydrogens is 252 g/mol. The molecule has 4 heteroatoms.